The molecule has 1 atom stereocenters. The van der Waals surface area contributed by atoms with Gasteiger partial charge in [0.25, 0.3) is 12.3 Å². The second-order valence-electron chi connectivity index (χ2n) is 7.88. The lowest BCUT2D eigenvalue weighted by Crippen LogP contribution is -2.63. The molecule has 1 aromatic carbocycles. The van der Waals surface area contributed by atoms with Crippen molar-refractivity contribution in [3.63, 3.8) is 0 Å². The van der Waals surface area contributed by atoms with Crippen LogP contribution in [0.25, 0.3) is 11.0 Å². The molecule has 10 heteroatoms. The van der Waals surface area contributed by atoms with Crippen LogP contribution in [-0.2, 0) is 11.4 Å². The van der Waals surface area contributed by atoms with Gasteiger partial charge in [0.15, 0.2) is 0 Å². The number of halogens is 2. The molecular formula is C23H23F2N3O5. The number of aromatic nitrogens is 1. The number of hydrogen-bond donors (Lipinski definition) is 3. The van der Waals surface area contributed by atoms with Gasteiger partial charge in [-0.25, -0.2) is 8.78 Å². The van der Waals surface area contributed by atoms with Gasteiger partial charge in [0, 0.05) is 23.7 Å². The van der Waals surface area contributed by atoms with Gasteiger partial charge in [0.05, 0.1) is 12.2 Å². The van der Waals surface area contributed by atoms with Crippen LogP contribution in [0.3, 0.4) is 0 Å². The molecular weight excluding hydrogens is 436 g/mol. The quantitative estimate of drug-likeness (QED) is 0.501. The number of fused-ring (bicyclic) bond motifs is 1. The van der Waals surface area contributed by atoms with Gasteiger partial charge < -0.3 is 24.9 Å². The number of rotatable bonds is 7. The number of aliphatic hydroxyl groups is 1. The van der Waals surface area contributed by atoms with Crippen molar-refractivity contribution in [2.45, 2.75) is 38.3 Å². The van der Waals surface area contributed by atoms with Crippen molar-refractivity contribution in [3.05, 3.63) is 59.1 Å². The summed E-state index contributed by atoms with van der Waals surface area (Å²) in [5.41, 5.74) is -0.882. The number of hydrogen-bond acceptors (Lipinski definition) is 6. The third kappa shape index (κ3) is 4.38. The number of piperidine rings is 1. The zero-order valence-electron chi connectivity index (χ0n) is 17.9. The summed E-state index contributed by atoms with van der Waals surface area (Å²) in [4.78, 5) is 29.2. The van der Waals surface area contributed by atoms with Crippen molar-refractivity contribution in [3.8, 4) is 5.75 Å². The minimum atomic E-state index is -2.73. The van der Waals surface area contributed by atoms with Crippen LogP contribution in [0, 0.1) is 6.92 Å². The summed E-state index contributed by atoms with van der Waals surface area (Å²) in [6, 6.07) is 7.85. The van der Waals surface area contributed by atoms with E-state index in [1.165, 1.54) is 12.3 Å². The fraction of sp³-hybridized carbons (Fsp3) is 0.348. The largest absolute Gasteiger partial charge is 0.489 e. The van der Waals surface area contributed by atoms with E-state index in [9.17, 15) is 23.5 Å². The maximum atomic E-state index is 13.2. The van der Waals surface area contributed by atoms with Gasteiger partial charge >= 0.3 is 0 Å². The first-order valence-corrected chi connectivity index (χ1v) is 10.4. The lowest BCUT2D eigenvalue weighted by Gasteiger charge is -2.35. The molecule has 1 aliphatic rings. The number of benzene rings is 1. The fourth-order valence-electron chi connectivity index (χ4n) is 3.97. The molecule has 0 spiro atoms. The van der Waals surface area contributed by atoms with Gasteiger partial charge in [-0.1, -0.05) is 6.07 Å². The average molecular weight is 459 g/mol. The summed E-state index contributed by atoms with van der Waals surface area (Å²) in [5, 5.41) is 15.6. The van der Waals surface area contributed by atoms with E-state index in [0.29, 0.717) is 41.9 Å². The number of amides is 2. The molecule has 0 aliphatic carbocycles. The van der Waals surface area contributed by atoms with Crippen LogP contribution in [-0.4, -0.2) is 40.6 Å². The van der Waals surface area contributed by atoms with Crippen LogP contribution < -0.4 is 15.4 Å². The highest BCUT2D eigenvalue weighted by Crippen LogP contribution is 2.31. The van der Waals surface area contributed by atoms with E-state index in [1.54, 1.807) is 31.2 Å². The Morgan fingerprint density at radius 2 is 2.21 bits per heavy atom. The maximum absolute atomic E-state index is 13.2. The molecule has 174 valence electrons. The van der Waals surface area contributed by atoms with Gasteiger partial charge in [-0.15, -0.1) is 0 Å². The van der Waals surface area contributed by atoms with E-state index >= 15 is 0 Å². The van der Waals surface area contributed by atoms with E-state index in [0.717, 1.165) is 0 Å². The number of carbonyl (C=O) groups excluding carboxylic acids is 2. The summed E-state index contributed by atoms with van der Waals surface area (Å²) in [5.74, 6) is -0.336. The third-order valence-corrected chi connectivity index (χ3v) is 5.71. The van der Waals surface area contributed by atoms with Gasteiger partial charge in [0.2, 0.25) is 5.91 Å². The van der Waals surface area contributed by atoms with Crippen LogP contribution in [0.15, 0.2) is 40.9 Å². The summed E-state index contributed by atoms with van der Waals surface area (Å²) in [6.07, 6.45) is -0.510. The number of nitrogens with zero attached hydrogens (tertiary/aromatic N) is 1. The summed E-state index contributed by atoms with van der Waals surface area (Å²) < 4.78 is 37.7. The van der Waals surface area contributed by atoms with E-state index in [1.807, 2.05) is 0 Å². The topological polar surface area (TPSA) is 114 Å². The van der Waals surface area contributed by atoms with Crippen molar-refractivity contribution in [2.24, 2.45) is 0 Å². The summed E-state index contributed by atoms with van der Waals surface area (Å²) in [7, 11) is 0. The molecule has 0 radical (unpaired) electrons. The van der Waals surface area contributed by atoms with Crippen LogP contribution in [0.4, 0.5) is 8.78 Å². The van der Waals surface area contributed by atoms with Gasteiger partial charge in [-0.2, -0.15) is 0 Å². The molecule has 4 rings (SSSR count). The SMILES string of the molecule is Cc1oc2ccc(OCc3cccnc3C(F)F)cc2c1C(=O)NC1(CO)CCCNC1=O. The van der Waals surface area contributed by atoms with E-state index in [-0.39, 0.29) is 23.4 Å². The molecule has 1 unspecified atom stereocenters. The lowest BCUT2D eigenvalue weighted by atomic mass is 9.89. The third-order valence-electron chi connectivity index (χ3n) is 5.71. The predicted molar refractivity (Wildman–Crippen MR) is 114 cm³/mol. The molecule has 3 heterocycles. The van der Waals surface area contributed by atoms with Crippen LogP contribution in [0.2, 0.25) is 0 Å². The first-order valence-electron chi connectivity index (χ1n) is 10.4. The van der Waals surface area contributed by atoms with E-state index in [4.69, 9.17) is 9.15 Å². The molecule has 0 saturated carbocycles. The van der Waals surface area contributed by atoms with E-state index in [2.05, 4.69) is 15.6 Å². The van der Waals surface area contributed by atoms with Crippen LogP contribution in [0.1, 0.15) is 46.6 Å². The van der Waals surface area contributed by atoms with Gasteiger partial charge in [0.1, 0.15) is 34.9 Å². The first kappa shape index (κ1) is 22.7. The Bertz CT molecular complexity index is 1200. The number of aryl methyl sites for hydroxylation is 1. The Morgan fingerprint density at radius 1 is 1.39 bits per heavy atom. The lowest BCUT2D eigenvalue weighted by molar-refractivity contribution is -0.131. The minimum absolute atomic E-state index is 0.134. The van der Waals surface area contributed by atoms with Crippen molar-refractivity contribution in [1.82, 2.24) is 15.6 Å². The number of carbonyl (C=O) groups is 2. The first-order chi connectivity index (χ1) is 15.8. The highest BCUT2D eigenvalue weighted by atomic mass is 19.3. The molecule has 1 saturated heterocycles. The Hall–Kier alpha value is -3.53. The molecule has 0 bridgehead atoms. The maximum Gasteiger partial charge on any atom is 0.280 e. The number of alkyl halides is 2. The number of ether oxygens (including phenoxy) is 1. The Kier molecular flexibility index (Phi) is 6.28. The van der Waals surface area contributed by atoms with Crippen LogP contribution in [0.5, 0.6) is 5.75 Å². The predicted octanol–water partition coefficient (Wildman–Crippen LogP) is 3.02. The Morgan fingerprint density at radius 3 is 2.94 bits per heavy atom. The molecule has 2 aromatic heterocycles. The summed E-state index contributed by atoms with van der Waals surface area (Å²) in [6.45, 7) is 1.43. The molecule has 1 fully saturated rings. The molecule has 33 heavy (non-hydrogen) atoms. The Balaban J connectivity index is 1.60. The normalized spacial score (nSPS) is 18.4. The van der Waals surface area contributed by atoms with Crippen LogP contribution >= 0.6 is 0 Å². The molecule has 8 nitrogen and oxygen atoms in total. The second-order valence-corrected chi connectivity index (χ2v) is 7.88. The second kappa shape index (κ2) is 9.14. The average Bonchev–Trinajstić information content (AvgIpc) is 3.14. The molecule has 2 amide bonds. The number of furan rings is 1. The van der Waals surface area contributed by atoms with Gasteiger partial charge in [-0.05, 0) is 44.0 Å². The number of nitrogens with one attached hydrogen (secondary N) is 2. The zero-order valence-corrected chi connectivity index (χ0v) is 17.9. The number of pyridine rings is 1. The van der Waals surface area contributed by atoms with Crippen molar-refractivity contribution in [1.29, 1.82) is 0 Å². The Labute approximate surface area is 187 Å². The smallest absolute Gasteiger partial charge is 0.280 e. The monoisotopic (exact) mass is 459 g/mol. The highest BCUT2D eigenvalue weighted by Gasteiger charge is 2.42. The van der Waals surface area contributed by atoms with Gasteiger partial charge in [-0.3, -0.25) is 14.6 Å². The zero-order chi connectivity index (χ0) is 23.6. The molecule has 3 aromatic rings. The molecule has 1 aliphatic heterocycles. The summed E-state index contributed by atoms with van der Waals surface area (Å²) >= 11 is 0. The van der Waals surface area contributed by atoms with Crippen molar-refractivity contribution >= 4 is 22.8 Å². The van der Waals surface area contributed by atoms with E-state index < -0.39 is 30.4 Å². The molecule has 3 N–H and O–H groups in total. The minimum Gasteiger partial charge on any atom is -0.489 e. The highest BCUT2D eigenvalue weighted by molar-refractivity contribution is 6.09. The van der Waals surface area contributed by atoms with Crippen molar-refractivity contribution < 1.29 is 32.6 Å². The van der Waals surface area contributed by atoms with Crippen molar-refractivity contribution in [2.75, 3.05) is 13.2 Å². The fourth-order valence-corrected chi connectivity index (χ4v) is 3.97. The standard InChI is InChI=1S/C23H23F2N3O5/c1-13-18(21(30)28-23(12-29)7-3-9-27-22(23)31)16-10-15(5-6-17(16)33-13)32-11-14-4-2-8-26-19(14)20(24)25/h2,4-6,8,10,20,29H,3,7,9,11-12H2,1H3,(H,27,31)(H,28,30). The number of aliphatic hydroxyl groups excluding tert-OH is 1.